The average Bonchev–Trinajstić information content (AvgIpc) is 2.29. The molecule has 0 heterocycles. The van der Waals surface area contributed by atoms with Gasteiger partial charge in [-0.3, -0.25) is 0 Å². The zero-order valence-corrected chi connectivity index (χ0v) is 15.3. The molecular formula is C18H38S. The SMILES string of the molecule is CCCCCCC(C)(C)SC(C)(C)CCCCCC. The second-order valence-corrected chi connectivity index (χ2v) is 9.66. The molecule has 0 aliphatic carbocycles. The summed E-state index contributed by atoms with van der Waals surface area (Å²) < 4.78 is 0.893. The highest BCUT2D eigenvalue weighted by Gasteiger charge is 2.28. The molecule has 0 rings (SSSR count). The molecule has 0 saturated heterocycles. The molecule has 0 aliphatic heterocycles. The number of thioether (sulfide) groups is 1. The fraction of sp³-hybridized carbons (Fsp3) is 1.00. The van der Waals surface area contributed by atoms with E-state index in [-0.39, 0.29) is 0 Å². The van der Waals surface area contributed by atoms with Gasteiger partial charge in [0.1, 0.15) is 0 Å². The molecule has 0 aliphatic rings. The highest BCUT2D eigenvalue weighted by molar-refractivity contribution is 8.01. The van der Waals surface area contributed by atoms with Crippen LogP contribution in [0.2, 0.25) is 0 Å². The fourth-order valence-electron chi connectivity index (χ4n) is 2.81. The van der Waals surface area contributed by atoms with E-state index in [0.29, 0.717) is 9.49 Å². The van der Waals surface area contributed by atoms with Gasteiger partial charge in [0.05, 0.1) is 0 Å². The fourth-order valence-corrected chi connectivity index (χ4v) is 4.79. The molecule has 0 aromatic heterocycles. The van der Waals surface area contributed by atoms with E-state index in [1.165, 1.54) is 64.2 Å². The van der Waals surface area contributed by atoms with E-state index in [4.69, 9.17) is 0 Å². The molecule has 0 aromatic rings. The first-order valence-electron chi connectivity index (χ1n) is 8.53. The Morgan fingerprint density at radius 1 is 0.579 bits per heavy atom. The molecule has 0 radical (unpaired) electrons. The van der Waals surface area contributed by atoms with Crippen molar-refractivity contribution >= 4 is 11.8 Å². The molecule has 0 nitrogen and oxygen atoms in total. The van der Waals surface area contributed by atoms with Crippen LogP contribution in [0.4, 0.5) is 0 Å². The maximum absolute atomic E-state index is 2.44. The van der Waals surface area contributed by atoms with Gasteiger partial charge in [-0.15, -0.1) is 11.8 Å². The third-order valence-corrected chi connectivity index (χ3v) is 5.33. The predicted molar refractivity (Wildman–Crippen MR) is 93.3 cm³/mol. The van der Waals surface area contributed by atoms with Crippen molar-refractivity contribution in [3.63, 3.8) is 0 Å². The first-order chi connectivity index (χ1) is 8.83. The Bertz CT molecular complexity index is 184. The van der Waals surface area contributed by atoms with Gasteiger partial charge >= 0.3 is 0 Å². The van der Waals surface area contributed by atoms with E-state index in [0.717, 1.165) is 0 Å². The molecule has 0 fully saturated rings. The standard InChI is InChI=1S/C18H38S/c1-7-9-11-13-15-17(3,4)19-18(5,6)16-14-12-10-8-2/h7-16H2,1-6H3. The second-order valence-electron chi connectivity index (χ2n) is 7.24. The summed E-state index contributed by atoms with van der Waals surface area (Å²) in [5.41, 5.74) is 0. The smallest absolute Gasteiger partial charge is 0.0109 e. The van der Waals surface area contributed by atoms with Crippen molar-refractivity contribution in [2.75, 3.05) is 0 Å². The van der Waals surface area contributed by atoms with Crippen molar-refractivity contribution in [1.82, 2.24) is 0 Å². The van der Waals surface area contributed by atoms with Crippen LogP contribution >= 0.6 is 11.8 Å². The Morgan fingerprint density at radius 2 is 0.947 bits per heavy atom. The summed E-state index contributed by atoms with van der Waals surface area (Å²) in [5.74, 6) is 0. The third-order valence-electron chi connectivity index (χ3n) is 3.82. The van der Waals surface area contributed by atoms with Crippen molar-refractivity contribution in [3.8, 4) is 0 Å². The average molecular weight is 287 g/mol. The van der Waals surface area contributed by atoms with Gasteiger partial charge in [-0.1, -0.05) is 92.9 Å². The van der Waals surface area contributed by atoms with Crippen molar-refractivity contribution in [2.45, 2.75) is 115 Å². The number of rotatable bonds is 12. The Kier molecular flexibility index (Phi) is 10.3. The van der Waals surface area contributed by atoms with Gasteiger partial charge in [0, 0.05) is 9.49 Å². The lowest BCUT2D eigenvalue weighted by atomic mass is 10.0. The summed E-state index contributed by atoms with van der Waals surface area (Å²) in [6, 6.07) is 0. The van der Waals surface area contributed by atoms with Crippen LogP contribution in [0.15, 0.2) is 0 Å². The lowest BCUT2D eigenvalue weighted by molar-refractivity contribution is 0.529. The van der Waals surface area contributed by atoms with Crippen molar-refractivity contribution in [1.29, 1.82) is 0 Å². The maximum Gasteiger partial charge on any atom is 0.0109 e. The summed E-state index contributed by atoms with van der Waals surface area (Å²) in [4.78, 5) is 0. The lowest BCUT2D eigenvalue weighted by Crippen LogP contribution is -2.26. The summed E-state index contributed by atoms with van der Waals surface area (Å²) in [6.45, 7) is 14.3. The number of hydrogen-bond donors (Lipinski definition) is 0. The van der Waals surface area contributed by atoms with E-state index in [2.05, 4.69) is 53.3 Å². The molecule has 0 spiro atoms. The summed E-state index contributed by atoms with van der Waals surface area (Å²) in [6.07, 6.45) is 13.9. The van der Waals surface area contributed by atoms with E-state index in [1.807, 2.05) is 0 Å². The minimum absolute atomic E-state index is 0.446. The van der Waals surface area contributed by atoms with Gasteiger partial charge in [-0.05, 0) is 12.8 Å². The molecule has 0 amide bonds. The molecule has 0 bridgehead atoms. The molecule has 0 saturated carbocycles. The molecule has 0 aromatic carbocycles. The molecule has 0 unspecified atom stereocenters. The first kappa shape index (κ1) is 19.4. The van der Waals surface area contributed by atoms with Gasteiger partial charge in [-0.25, -0.2) is 0 Å². The monoisotopic (exact) mass is 286 g/mol. The zero-order chi connectivity index (χ0) is 14.8. The molecule has 1 heteroatoms. The predicted octanol–water partition coefficient (Wildman–Crippen LogP) is 7.22. The topological polar surface area (TPSA) is 0 Å². The van der Waals surface area contributed by atoms with Gasteiger partial charge < -0.3 is 0 Å². The summed E-state index contributed by atoms with van der Waals surface area (Å²) >= 11 is 2.22. The van der Waals surface area contributed by atoms with Crippen LogP contribution in [0.25, 0.3) is 0 Å². The summed E-state index contributed by atoms with van der Waals surface area (Å²) in [5, 5.41) is 0. The molecule has 116 valence electrons. The number of hydrogen-bond acceptors (Lipinski definition) is 1. The highest BCUT2D eigenvalue weighted by atomic mass is 32.2. The molecule has 0 atom stereocenters. The van der Waals surface area contributed by atoms with Gasteiger partial charge in [0.2, 0.25) is 0 Å². The Hall–Kier alpha value is 0.350. The van der Waals surface area contributed by atoms with Crippen LogP contribution in [0.1, 0.15) is 106 Å². The van der Waals surface area contributed by atoms with Crippen LogP contribution < -0.4 is 0 Å². The van der Waals surface area contributed by atoms with E-state index < -0.39 is 0 Å². The lowest BCUT2D eigenvalue weighted by Gasteiger charge is -2.35. The summed E-state index contributed by atoms with van der Waals surface area (Å²) in [7, 11) is 0. The molecule has 19 heavy (non-hydrogen) atoms. The first-order valence-corrected chi connectivity index (χ1v) is 9.35. The van der Waals surface area contributed by atoms with Crippen LogP contribution in [0, 0.1) is 0 Å². The minimum atomic E-state index is 0.446. The highest BCUT2D eigenvalue weighted by Crippen LogP contribution is 2.42. The molecule has 0 N–H and O–H groups in total. The van der Waals surface area contributed by atoms with E-state index >= 15 is 0 Å². The zero-order valence-electron chi connectivity index (χ0n) is 14.5. The van der Waals surface area contributed by atoms with E-state index in [9.17, 15) is 0 Å². The van der Waals surface area contributed by atoms with Crippen molar-refractivity contribution in [3.05, 3.63) is 0 Å². The van der Waals surface area contributed by atoms with Crippen LogP contribution in [-0.2, 0) is 0 Å². The van der Waals surface area contributed by atoms with Crippen LogP contribution in [0.3, 0.4) is 0 Å². The largest absolute Gasteiger partial charge is 0.149 e. The van der Waals surface area contributed by atoms with Gasteiger partial charge in [0.15, 0.2) is 0 Å². The van der Waals surface area contributed by atoms with Crippen LogP contribution in [0.5, 0.6) is 0 Å². The Balaban J connectivity index is 3.93. The normalized spacial score (nSPS) is 12.9. The second kappa shape index (κ2) is 10.1. The Morgan fingerprint density at radius 3 is 1.26 bits per heavy atom. The quantitative estimate of drug-likeness (QED) is 0.341. The van der Waals surface area contributed by atoms with Crippen LogP contribution in [-0.4, -0.2) is 9.49 Å². The van der Waals surface area contributed by atoms with Gasteiger partial charge in [-0.2, -0.15) is 0 Å². The minimum Gasteiger partial charge on any atom is -0.149 e. The van der Waals surface area contributed by atoms with Crippen molar-refractivity contribution in [2.24, 2.45) is 0 Å². The molecular weight excluding hydrogens is 248 g/mol. The Labute approximate surface area is 127 Å². The third kappa shape index (κ3) is 11.8. The van der Waals surface area contributed by atoms with E-state index in [1.54, 1.807) is 0 Å². The maximum atomic E-state index is 2.44. The van der Waals surface area contributed by atoms with Gasteiger partial charge in [0.25, 0.3) is 0 Å². The van der Waals surface area contributed by atoms with Crippen molar-refractivity contribution < 1.29 is 0 Å². The number of unbranched alkanes of at least 4 members (excludes halogenated alkanes) is 6.